The fourth-order valence-electron chi connectivity index (χ4n) is 2.20. The number of imidazole rings is 1. The predicted molar refractivity (Wildman–Crippen MR) is 75.2 cm³/mol. The number of hydrogen-bond donors (Lipinski definition) is 1. The van der Waals surface area contributed by atoms with Crippen LogP contribution in [0.25, 0.3) is 16.7 Å². The average molecular weight is 276 g/mol. The van der Waals surface area contributed by atoms with Crippen LogP contribution in [-0.2, 0) is 0 Å². The summed E-state index contributed by atoms with van der Waals surface area (Å²) in [5.74, 6) is -0.153. The van der Waals surface area contributed by atoms with E-state index in [0.29, 0.717) is 11.6 Å². The predicted octanol–water partition coefficient (Wildman–Crippen LogP) is 3.71. The van der Waals surface area contributed by atoms with Crippen molar-refractivity contribution in [3.8, 4) is 5.69 Å². The number of rotatable bonds is 1. The van der Waals surface area contributed by atoms with E-state index in [-0.39, 0.29) is 5.02 Å². The zero-order chi connectivity index (χ0) is 13.6. The maximum Gasteiger partial charge on any atom is 0.205 e. The summed E-state index contributed by atoms with van der Waals surface area (Å²) in [6.07, 6.45) is 0. The Balaban J connectivity index is 2.35. The molecule has 0 aliphatic heterocycles. The van der Waals surface area contributed by atoms with Crippen LogP contribution in [0.15, 0.2) is 36.4 Å². The van der Waals surface area contributed by atoms with Crippen LogP contribution < -0.4 is 5.73 Å². The van der Waals surface area contributed by atoms with Crippen molar-refractivity contribution < 1.29 is 4.39 Å². The van der Waals surface area contributed by atoms with Gasteiger partial charge in [-0.25, -0.2) is 9.37 Å². The number of benzene rings is 2. The van der Waals surface area contributed by atoms with Gasteiger partial charge in [0.25, 0.3) is 0 Å². The molecule has 0 atom stereocenters. The topological polar surface area (TPSA) is 43.8 Å². The SMILES string of the molecule is Cc1cccc2nc(N)n(-c3ccc(Cl)c(F)c3)c12. The highest BCUT2D eigenvalue weighted by atomic mass is 35.5. The lowest BCUT2D eigenvalue weighted by Gasteiger charge is -2.08. The Morgan fingerprint density at radius 2 is 2.05 bits per heavy atom. The van der Waals surface area contributed by atoms with Crippen LogP contribution in [0.4, 0.5) is 10.3 Å². The van der Waals surface area contributed by atoms with E-state index >= 15 is 0 Å². The summed E-state index contributed by atoms with van der Waals surface area (Å²) in [6.45, 7) is 1.96. The van der Waals surface area contributed by atoms with Crippen LogP contribution >= 0.6 is 11.6 Å². The van der Waals surface area contributed by atoms with E-state index in [1.807, 2.05) is 25.1 Å². The summed E-state index contributed by atoms with van der Waals surface area (Å²) in [5, 5.41) is 0.0865. The first-order valence-corrected chi connectivity index (χ1v) is 6.14. The third-order valence-electron chi connectivity index (χ3n) is 3.07. The van der Waals surface area contributed by atoms with E-state index in [0.717, 1.165) is 16.6 Å². The number of anilines is 1. The van der Waals surface area contributed by atoms with Crippen LogP contribution in [-0.4, -0.2) is 9.55 Å². The molecule has 1 heterocycles. The zero-order valence-corrected chi connectivity index (χ0v) is 10.9. The van der Waals surface area contributed by atoms with Crippen molar-refractivity contribution in [2.45, 2.75) is 6.92 Å². The number of hydrogen-bond acceptors (Lipinski definition) is 2. The van der Waals surface area contributed by atoms with Crippen LogP contribution in [0.3, 0.4) is 0 Å². The van der Waals surface area contributed by atoms with Crippen LogP contribution in [0, 0.1) is 12.7 Å². The Morgan fingerprint density at radius 1 is 1.26 bits per heavy atom. The van der Waals surface area contributed by atoms with Crippen molar-refractivity contribution >= 4 is 28.6 Å². The molecule has 0 spiro atoms. The molecule has 0 unspecified atom stereocenters. The number of aromatic nitrogens is 2. The van der Waals surface area contributed by atoms with Gasteiger partial charge in [0, 0.05) is 0 Å². The minimum Gasteiger partial charge on any atom is -0.369 e. The van der Waals surface area contributed by atoms with Crippen molar-refractivity contribution in [1.29, 1.82) is 0 Å². The standard InChI is InChI=1S/C14H11ClFN3/c1-8-3-2-4-12-13(8)19(14(17)18-12)9-5-6-10(15)11(16)7-9/h2-7H,1H3,(H2,17,18). The van der Waals surface area contributed by atoms with Gasteiger partial charge in [-0.05, 0) is 36.8 Å². The average Bonchev–Trinajstić information content (AvgIpc) is 2.70. The number of fused-ring (bicyclic) bond motifs is 1. The summed E-state index contributed by atoms with van der Waals surface area (Å²) in [6, 6.07) is 10.3. The third-order valence-corrected chi connectivity index (χ3v) is 3.37. The van der Waals surface area contributed by atoms with Crippen molar-refractivity contribution in [2.75, 3.05) is 5.73 Å². The van der Waals surface area contributed by atoms with Gasteiger partial charge in [-0.3, -0.25) is 4.57 Å². The fourth-order valence-corrected chi connectivity index (χ4v) is 2.32. The molecule has 96 valence electrons. The maximum atomic E-state index is 13.6. The second-order valence-electron chi connectivity index (χ2n) is 4.35. The van der Waals surface area contributed by atoms with Crippen molar-refractivity contribution in [3.05, 3.63) is 52.8 Å². The van der Waals surface area contributed by atoms with E-state index in [9.17, 15) is 4.39 Å². The Kier molecular flexibility index (Phi) is 2.68. The zero-order valence-electron chi connectivity index (χ0n) is 10.2. The fraction of sp³-hybridized carbons (Fsp3) is 0.0714. The lowest BCUT2D eigenvalue weighted by Crippen LogP contribution is -2.01. The third kappa shape index (κ3) is 1.85. The van der Waals surface area contributed by atoms with Gasteiger partial charge in [-0.15, -0.1) is 0 Å². The smallest absolute Gasteiger partial charge is 0.205 e. The van der Waals surface area contributed by atoms with Gasteiger partial charge >= 0.3 is 0 Å². The van der Waals surface area contributed by atoms with Gasteiger partial charge in [0.2, 0.25) is 5.95 Å². The van der Waals surface area contributed by atoms with Crippen LogP contribution in [0.5, 0.6) is 0 Å². The van der Waals surface area contributed by atoms with Gasteiger partial charge in [-0.1, -0.05) is 23.7 Å². The molecule has 19 heavy (non-hydrogen) atoms. The normalized spacial score (nSPS) is 11.1. The van der Waals surface area contributed by atoms with Crippen LogP contribution in [0.2, 0.25) is 5.02 Å². The molecule has 3 nitrogen and oxygen atoms in total. The number of nitrogen functional groups attached to an aromatic ring is 1. The van der Waals surface area contributed by atoms with E-state index in [4.69, 9.17) is 17.3 Å². The lowest BCUT2D eigenvalue weighted by atomic mass is 10.2. The summed E-state index contributed by atoms with van der Waals surface area (Å²) in [5.41, 5.74) is 9.23. The number of halogens is 2. The molecule has 0 amide bonds. The highest BCUT2D eigenvalue weighted by Crippen LogP contribution is 2.27. The maximum absolute atomic E-state index is 13.6. The Hall–Kier alpha value is -2.07. The Bertz CT molecular complexity index is 780. The van der Waals surface area contributed by atoms with Gasteiger partial charge < -0.3 is 5.73 Å². The first kappa shape index (κ1) is 12.0. The summed E-state index contributed by atoms with van der Waals surface area (Å²) in [4.78, 5) is 4.29. The van der Waals surface area contributed by atoms with Gasteiger partial charge in [0.05, 0.1) is 21.7 Å². The van der Waals surface area contributed by atoms with Gasteiger partial charge in [0.1, 0.15) is 5.82 Å². The molecule has 0 radical (unpaired) electrons. The van der Waals surface area contributed by atoms with Crippen LogP contribution in [0.1, 0.15) is 5.56 Å². The molecule has 0 aliphatic rings. The molecule has 0 saturated heterocycles. The molecule has 0 bridgehead atoms. The lowest BCUT2D eigenvalue weighted by molar-refractivity contribution is 0.627. The monoisotopic (exact) mass is 275 g/mol. The van der Waals surface area contributed by atoms with Crippen molar-refractivity contribution in [2.24, 2.45) is 0 Å². The number of para-hydroxylation sites is 1. The minimum atomic E-state index is -0.478. The van der Waals surface area contributed by atoms with E-state index < -0.39 is 5.82 Å². The van der Waals surface area contributed by atoms with E-state index in [2.05, 4.69) is 4.98 Å². The molecule has 2 aromatic carbocycles. The molecule has 0 saturated carbocycles. The Morgan fingerprint density at radius 3 is 2.79 bits per heavy atom. The number of nitrogens with zero attached hydrogens (tertiary/aromatic N) is 2. The highest BCUT2D eigenvalue weighted by molar-refractivity contribution is 6.30. The molecule has 1 aromatic heterocycles. The second kappa shape index (κ2) is 4.24. The van der Waals surface area contributed by atoms with Gasteiger partial charge in [-0.2, -0.15) is 0 Å². The largest absolute Gasteiger partial charge is 0.369 e. The molecule has 0 aliphatic carbocycles. The molecule has 5 heteroatoms. The van der Waals surface area contributed by atoms with E-state index in [1.165, 1.54) is 12.1 Å². The molecule has 2 N–H and O–H groups in total. The van der Waals surface area contributed by atoms with Crippen molar-refractivity contribution in [3.63, 3.8) is 0 Å². The Labute approximate surface area is 114 Å². The van der Waals surface area contributed by atoms with Crippen molar-refractivity contribution in [1.82, 2.24) is 9.55 Å². The first-order valence-electron chi connectivity index (χ1n) is 5.77. The minimum absolute atomic E-state index is 0.0865. The molecule has 3 rings (SSSR count). The molecule has 3 aromatic rings. The summed E-state index contributed by atoms with van der Waals surface area (Å²) in [7, 11) is 0. The van der Waals surface area contributed by atoms with E-state index in [1.54, 1.807) is 10.6 Å². The summed E-state index contributed by atoms with van der Waals surface area (Å²) >= 11 is 5.70. The molecule has 0 fully saturated rings. The number of aryl methyl sites for hydroxylation is 1. The molecular formula is C14H11ClFN3. The number of nitrogens with two attached hydrogens (primary N) is 1. The highest BCUT2D eigenvalue weighted by Gasteiger charge is 2.13. The summed E-state index contributed by atoms with van der Waals surface area (Å²) < 4.78 is 15.3. The molecular weight excluding hydrogens is 265 g/mol. The first-order chi connectivity index (χ1) is 9.08. The second-order valence-corrected chi connectivity index (χ2v) is 4.75. The quantitative estimate of drug-likeness (QED) is 0.736. The van der Waals surface area contributed by atoms with Gasteiger partial charge in [0.15, 0.2) is 0 Å².